The number of carbonyl (C=O) groups is 2. The highest BCUT2D eigenvalue weighted by atomic mass is 32.2. The number of carboxylic acids is 1. The van der Waals surface area contributed by atoms with E-state index in [1.807, 2.05) is 0 Å². The van der Waals surface area contributed by atoms with Gasteiger partial charge in [-0.15, -0.1) is 0 Å². The summed E-state index contributed by atoms with van der Waals surface area (Å²) in [4.78, 5) is 21.9. The molecule has 3 atom stereocenters. The monoisotopic (exact) mass is 270 g/mol. The summed E-state index contributed by atoms with van der Waals surface area (Å²) >= 11 is 0. The molecule has 6 N–H and O–H groups in total. The molecule has 0 radical (unpaired) electrons. The second-order valence-corrected chi connectivity index (χ2v) is 4.91. The van der Waals surface area contributed by atoms with Crippen LogP contribution in [-0.2, 0) is 19.7 Å². The summed E-state index contributed by atoms with van der Waals surface area (Å²) in [5.74, 6) is -3.86. The molecule has 0 aromatic carbocycles. The van der Waals surface area contributed by atoms with E-state index in [0.717, 1.165) is 0 Å². The maximum absolute atomic E-state index is 11.2. The van der Waals surface area contributed by atoms with Crippen LogP contribution in [0.15, 0.2) is 0 Å². The topological polar surface area (TPSA) is 167 Å². The smallest absolute Gasteiger partial charge is 0.327 e. The maximum Gasteiger partial charge on any atom is 0.327 e. The van der Waals surface area contributed by atoms with Crippen LogP contribution in [0.5, 0.6) is 0 Å². The average molecular weight is 270 g/mol. The third-order valence-electron chi connectivity index (χ3n) is 1.81. The van der Waals surface area contributed by atoms with Crippen LogP contribution in [0.4, 0.5) is 0 Å². The molecule has 0 spiro atoms. The lowest BCUT2D eigenvalue weighted by molar-refractivity contribution is -0.141. The molecular weight excluding hydrogens is 256 g/mol. The van der Waals surface area contributed by atoms with Crippen molar-refractivity contribution >= 4 is 22.0 Å². The van der Waals surface area contributed by atoms with E-state index in [2.05, 4.69) is 0 Å². The number of aliphatic hydroxyl groups is 1. The Kier molecular flexibility index (Phi) is 5.48. The minimum Gasteiger partial charge on any atom is -0.480 e. The Morgan fingerprint density at radius 2 is 1.88 bits per heavy atom. The van der Waals surface area contributed by atoms with Crippen molar-refractivity contribution in [3.05, 3.63) is 0 Å². The first-order valence-electron chi connectivity index (χ1n) is 4.46. The van der Waals surface area contributed by atoms with Gasteiger partial charge in [-0.2, -0.15) is 8.42 Å². The molecule has 17 heavy (non-hydrogen) atoms. The average Bonchev–Trinajstić information content (AvgIpc) is 2.12. The van der Waals surface area contributed by atoms with Crippen LogP contribution in [0.25, 0.3) is 0 Å². The summed E-state index contributed by atoms with van der Waals surface area (Å²) in [7, 11) is -4.56. The van der Waals surface area contributed by atoms with E-state index in [9.17, 15) is 18.0 Å². The molecule has 0 aliphatic carbocycles. The van der Waals surface area contributed by atoms with Crippen molar-refractivity contribution < 1.29 is 32.8 Å². The third-order valence-corrected chi connectivity index (χ3v) is 2.57. The van der Waals surface area contributed by atoms with Crippen molar-refractivity contribution in [1.82, 2.24) is 5.32 Å². The summed E-state index contributed by atoms with van der Waals surface area (Å²) in [5, 5.41) is 19.4. The van der Waals surface area contributed by atoms with Crippen LogP contribution in [0.2, 0.25) is 0 Å². The quantitative estimate of drug-likeness (QED) is 0.321. The molecule has 0 aromatic rings. The van der Waals surface area contributed by atoms with Crippen molar-refractivity contribution in [1.29, 1.82) is 0 Å². The Labute approximate surface area is 97.4 Å². The zero-order valence-electron chi connectivity index (χ0n) is 8.90. The Hall–Kier alpha value is -1.23. The van der Waals surface area contributed by atoms with Gasteiger partial charge in [0.15, 0.2) is 0 Å². The van der Waals surface area contributed by atoms with Crippen LogP contribution >= 0.6 is 0 Å². The standard InChI is InChI=1S/C7H14N2O7S/c1-3(10)5(8)6(11)9-4(7(12)13)2-17(14,15)16/h3-5,10H,2,8H2,1H3,(H,9,11)(H,12,13)(H,14,15,16). The molecule has 9 nitrogen and oxygen atoms in total. The summed E-state index contributed by atoms with van der Waals surface area (Å²) in [6.07, 6.45) is -1.23. The Balaban J connectivity index is 4.68. The number of aliphatic carboxylic acids is 1. The number of carboxylic acid groups (broad SMARTS) is 1. The van der Waals surface area contributed by atoms with Crippen LogP contribution in [-0.4, -0.2) is 59.0 Å². The molecular formula is C7H14N2O7S. The minimum atomic E-state index is -4.56. The van der Waals surface area contributed by atoms with Gasteiger partial charge in [0, 0.05) is 0 Å². The highest BCUT2D eigenvalue weighted by Gasteiger charge is 2.28. The molecule has 0 saturated heterocycles. The highest BCUT2D eigenvalue weighted by molar-refractivity contribution is 7.85. The molecule has 3 unspecified atom stereocenters. The number of nitrogens with one attached hydrogen (secondary N) is 1. The van der Waals surface area contributed by atoms with Gasteiger partial charge in [-0.1, -0.05) is 0 Å². The zero-order chi connectivity index (χ0) is 13.8. The van der Waals surface area contributed by atoms with Gasteiger partial charge < -0.3 is 21.3 Å². The molecule has 100 valence electrons. The van der Waals surface area contributed by atoms with Gasteiger partial charge in [0.05, 0.1) is 6.10 Å². The first-order chi connectivity index (χ1) is 7.54. The Morgan fingerprint density at radius 3 is 2.18 bits per heavy atom. The Morgan fingerprint density at radius 1 is 1.41 bits per heavy atom. The zero-order valence-corrected chi connectivity index (χ0v) is 9.72. The predicted molar refractivity (Wildman–Crippen MR) is 55.6 cm³/mol. The third kappa shape index (κ3) is 6.16. The van der Waals surface area contributed by atoms with Crippen molar-refractivity contribution in [2.24, 2.45) is 5.73 Å². The van der Waals surface area contributed by atoms with Crippen LogP contribution in [0.3, 0.4) is 0 Å². The predicted octanol–water partition coefficient (Wildman–Crippen LogP) is -2.85. The maximum atomic E-state index is 11.2. The van der Waals surface area contributed by atoms with Crippen molar-refractivity contribution in [2.75, 3.05) is 5.75 Å². The van der Waals surface area contributed by atoms with Crippen LogP contribution in [0.1, 0.15) is 6.92 Å². The normalized spacial score (nSPS) is 16.9. The molecule has 0 fully saturated rings. The van der Waals surface area contributed by atoms with E-state index >= 15 is 0 Å². The molecule has 0 heterocycles. The van der Waals surface area contributed by atoms with E-state index in [1.165, 1.54) is 6.92 Å². The fourth-order valence-electron chi connectivity index (χ4n) is 0.872. The molecule has 0 bridgehead atoms. The SMILES string of the molecule is CC(O)C(N)C(=O)NC(CS(=O)(=O)O)C(=O)O. The largest absolute Gasteiger partial charge is 0.480 e. The fourth-order valence-corrected chi connectivity index (χ4v) is 1.52. The molecule has 0 aromatic heterocycles. The summed E-state index contributed by atoms with van der Waals surface area (Å²) < 4.78 is 29.5. The second-order valence-electron chi connectivity index (χ2n) is 3.41. The minimum absolute atomic E-state index is 1.03. The van der Waals surface area contributed by atoms with Crippen molar-refractivity contribution in [2.45, 2.75) is 25.1 Å². The van der Waals surface area contributed by atoms with Crippen molar-refractivity contribution in [3.63, 3.8) is 0 Å². The van der Waals surface area contributed by atoms with E-state index in [4.69, 9.17) is 20.5 Å². The molecule has 1 amide bonds. The number of hydrogen-bond acceptors (Lipinski definition) is 6. The summed E-state index contributed by atoms with van der Waals surface area (Å²) in [5.41, 5.74) is 5.21. The second kappa shape index (κ2) is 5.91. The van der Waals surface area contributed by atoms with E-state index in [0.29, 0.717) is 0 Å². The first kappa shape index (κ1) is 15.8. The van der Waals surface area contributed by atoms with Gasteiger partial charge in [0.1, 0.15) is 17.8 Å². The van der Waals surface area contributed by atoms with Gasteiger partial charge in [0.2, 0.25) is 5.91 Å². The van der Waals surface area contributed by atoms with Gasteiger partial charge >= 0.3 is 5.97 Å². The van der Waals surface area contributed by atoms with E-state index < -0.39 is 45.9 Å². The Bertz CT molecular complexity index is 391. The summed E-state index contributed by atoms with van der Waals surface area (Å²) in [6.45, 7) is 1.21. The first-order valence-corrected chi connectivity index (χ1v) is 6.07. The molecule has 0 saturated carbocycles. The lowest BCUT2D eigenvalue weighted by Gasteiger charge is -2.18. The van der Waals surface area contributed by atoms with Gasteiger partial charge in [-0.25, -0.2) is 4.79 Å². The van der Waals surface area contributed by atoms with E-state index in [-0.39, 0.29) is 0 Å². The summed E-state index contributed by atoms with van der Waals surface area (Å²) in [6, 6.07) is -3.22. The number of carbonyl (C=O) groups excluding carboxylic acids is 1. The molecule has 0 aliphatic rings. The molecule has 10 heteroatoms. The fraction of sp³-hybridized carbons (Fsp3) is 0.714. The lowest BCUT2D eigenvalue weighted by Crippen LogP contribution is -2.54. The molecule has 0 aliphatic heterocycles. The number of hydrogen-bond donors (Lipinski definition) is 5. The van der Waals surface area contributed by atoms with Crippen LogP contribution < -0.4 is 11.1 Å². The number of rotatable bonds is 6. The number of amides is 1. The van der Waals surface area contributed by atoms with Gasteiger partial charge in [-0.05, 0) is 6.92 Å². The van der Waals surface area contributed by atoms with Crippen LogP contribution in [0, 0.1) is 0 Å². The number of aliphatic hydroxyl groups excluding tert-OH is 1. The lowest BCUT2D eigenvalue weighted by atomic mass is 10.2. The van der Waals surface area contributed by atoms with Crippen molar-refractivity contribution in [3.8, 4) is 0 Å². The molecule has 0 rings (SSSR count). The van der Waals surface area contributed by atoms with Gasteiger partial charge in [0.25, 0.3) is 10.1 Å². The van der Waals surface area contributed by atoms with Gasteiger partial charge in [-0.3, -0.25) is 9.35 Å². The number of nitrogens with two attached hydrogens (primary N) is 1. The highest BCUT2D eigenvalue weighted by Crippen LogP contribution is 1.95. The van der Waals surface area contributed by atoms with E-state index in [1.54, 1.807) is 5.32 Å².